The standard InChI is InChI=1S/C15H18ClNO5/c1-9(2)22-15(19)13(10(3)18)7-5-11-4-6-12(16)8-14(11)17(20)21/h4,6,8-9,13H,5,7H2,1-3H3. The molecule has 1 aromatic carbocycles. The molecular weight excluding hydrogens is 310 g/mol. The number of benzene rings is 1. The monoisotopic (exact) mass is 327 g/mol. The molecule has 0 aromatic heterocycles. The molecule has 0 N–H and O–H groups in total. The largest absolute Gasteiger partial charge is 0.462 e. The van der Waals surface area contributed by atoms with Crippen LogP contribution < -0.4 is 0 Å². The first-order chi connectivity index (χ1) is 10.2. The van der Waals surface area contributed by atoms with Crippen LogP contribution in [-0.4, -0.2) is 22.8 Å². The number of carbonyl (C=O) groups excluding carboxylic acids is 2. The number of hydrogen-bond donors (Lipinski definition) is 0. The molecule has 6 nitrogen and oxygen atoms in total. The number of hydrogen-bond acceptors (Lipinski definition) is 5. The number of nitrogens with zero attached hydrogens (tertiary/aromatic N) is 1. The minimum absolute atomic E-state index is 0.118. The number of carbonyl (C=O) groups is 2. The quantitative estimate of drug-likeness (QED) is 0.332. The molecule has 0 heterocycles. The van der Waals surface area contributed by atoms with E-state index in [1.165, 1.54) is 19.1 Å². The number of ketones is 1. The molecule has 0 aliphatic rings. The van der Waals surface area contributed by atoms with E-state index < -0.39 is 16.8 Å². The van der Waals surface area contributed by atoms with E-state index in [-0.39, 0.29) is 35.4 Å². The predicted molar refractivity (Wildman–Crippen MR) is 81.8 cm³/mol. The van der Waals surface area contributed by atoms with Crippen LogP contribution in [0.2, 0.25) is 5.02 Å². The maximum Gasteiger partial charge on any atom is 0.316 e. The van der Waals surface area contributed by atoms with Gasteiger partial charge in [-0.2, -0.15) is 0 Å². The number of ether oxygens (including phenoxy) is 1. The van der Waals surface area contributed by atoms with Crippen LogP contribution >= 0.6 is 11.6 Å². The van der Waals surface area contributed by atoms with E-state index in [1.54, 1.807) is 19.9 Å². The summed E-state index contributed by atoms with van der Waals surface area (Å²) in [7, 11) is 0. The summed E-state index contributed by atoms with van der Waals surface area (Å²) < 4.78 is 5.04. The second-order valence-corrected chi connectivity index (χ2v) is 5.65. The zero-order valence-corrected chi connectivity index (χ0v) is 13.4. The van der Waals surface area contributed by atoms with E-state index in [0.717, 1.165) is 0 Å². The Bertz CT molecular complexity index is 585. The van der Waals surface area contributed by atoms with Gasteiger partial charge in [-0.15, -0.1) is 0 Å². The molecule has 0 aliphatic carbocycles. The fourth-order valence-electron chi connectivity index (χ4n) is 2.02. The molecule has 0 radical (unpaired) electrons. The normalized spacial score (nSPS) is 12.0. The number of nitro groups is 1. The van der Waals surface area contributed by atoms with Crippen LogP contribution in [0.25, 0.3) is 0 Å². The number of rotatable bonds is 7. The van der Waals surface area contributed by atoms with Crippen LogP contribution in [0.5, 0.6) is 0 Å². The summed E-state index contributed by atoms with van der Waals surface area (Å²) in [6.07, 6.45) is 0.0492. The van der Waals surface area contributed by atoms with Gasteiger partial charge < -0.3 is 4.74 Å². The molecule has 0 spiro atoms. The summed E-state index contributed by atoms with van der Waals surface area (Å²) in [6.45, 7) is 4.70. The Morgan fingerprint density at radius 3 is 2.50 bits per heavy atom. The fraction of sp³-hybridized carbons (Fsp3) is 0.467. The Morgan fingerprint density at radius 2 is 2.00 bits per heavy atom. The highest BCUT2D eigenvalue weighted by atomic mass is 35.5. The maximum atomic E-state index is 11.9. The molecule has 22 heavy (non-hydrogen) atoms. The second kappa shape index (κ2) is 7.89. The van der Waals surface area contributed by atoms with E-state index >= 15 is 0 Å². The van der Waals surface area contributed by atoms with Gasteiger partial charge in [-0.3, -0.25) is 19.7 Å². The lowest BCUT2D eigenvalue weighted by Gasteiger charge is -2.15. The van der Waals surface area contributed by atoms with Gasteiger partial charge in [0.25, 0.3) is 5.69 Å². The van der Waals surface area contributed by atoms with Crippen molar-refractivity contribution in [2.75, 3.05) is 0 Å². The van der Waals surface area contributed by atoms with Crippen molar-refractivity contribution in [2.24, 2.45) is 5.92 Å². The smallest absolute Gasteiger partial charge is 0.316 e. The SMILES string of the molecule is CC(=O)C(CCc1ccc(Cl)cc1[N+](=O)[O-])C(=O)OC(C)C. The first-order valence-electron chi connectivity index (χ1n) is 6.86. The van der Waals surface area contributed by atoms with Gasteiger partial charge in [0.05, 0.1) is 11.0 Å². The van der Waals surface area contributed by atoms with E-state index in [9.17, 15) is 19.7 Å². The van der Waals surface area contributed by atoms with Crippen molar-refractivity contribution < 1.29 is 19.2 Å². The molecule has 7 heteroatoms. The number of halogens is 1. The van der Waals surface area contributed by atoms with Gasteiger partial charge in [0.15, 0.2) is 0 Å². The van der Waals surface area contributed by atoms with Gasteiger partial charge in [0, 0.05) is 16.7 Å². The minimum Gasteiger partial charge on any atom is -0.462 e. The topological polar surface area (TPSA) is 86.5 Å². The van der Waals surface area contributed by atoms with Gasteiger partial charge in [0.1, 0.15) is 11.7 Å². The number of esters is 1. The first kappa shape index (κ1) is 18.1. The van der Waals surface area contributed by atoms with Crippen molar-refractivity contribution in [3.63, 3.8) is 0 Å². The van der Waals surface area contributed by atoms with Crippen molar-refractivity contribution >= 4 is 29.0 Å². The van der Waals surface area contributed by atoms with E-state index in [0.29, 0.717) is 5.56 Å². The molecule has 120 valence electrons. The Hall–Kier alpha value is -1.95. The number of Topliss-reactive ketones (excluding diaryl/α,β-unsaturated/α-hetero) is 1. The Morgan fingerprint density at radius 1 is 1.36 bits per heavy atom. The van der Waals surface area contributed by atoms with Gasteiger partial charge in [-0.25, -0.2) is 0 Å². The molecule has 1 atom stereocenters. The van der Waals surface area contributed by atoms with Crippen LogP contribution in [0.3, 0.4) is 0 Å². The molecule has 0 bridgehead atoms. The Kier molecular flexibility index (Phi) is 6.49. The minimum atomic E-state index is -0.919. The fourth-order valence-corrected chi connectivity index (χ4v) is 2.19. The Balaban J connectivity index is 2.88. The van der Waals surface area contributed by atoms with E-state index in [4.69, 9.17) is 16.3 Å². The Labute approximate surface area is 133 Å². The van der Waals surface area contributed by atoms with E-state index in [1.807, 2.05) is 0 Å². The van der Waals surface area contributed by atoms with Crippen LogP contribution in [0.15, 0.2) is 18.2 Å². The molecular formula is C15H18ClNO5. The summed E-state index contributed by atoms with van der Waals surface area (Å²) in [6, 6.07) is 4.33. The molecule has 1 rings (SSSR count). The highest BCUT2D eigenvalue weighted by molar-refractivity contribution is 6.30. The van der Waals surface area contributed by atoms with Gasteiger partial charge in [-0.1, -0.05) is 17.7 Å². The third kappa shape index (κ3) is 5.11. The lowest BCUT2D eigenvalue weighted by Crippen LogP contribution is -2.27. The zero-order valence-electron chi connectivity index (χ0n) is 12.7. The average molecular weight is 328 g/mol. The molecule has 0 saturated heterocycles. The molecule has 0 aliphatic heterocycles. The molecule has 0 fully saturated rings. The van der Waals surface area contributed by atoms with Crippen LogP contribution in [-0.2, 0) is 20.7 Å². The predicted octanol–water partition coefficient (Wildman–Crippen LogP) is 3.34. The third-order valence-electron chi connectivity index (χ3n) is 3.07. The summed E-state index contributed by atoms with van der Waals surface area (Å²) in [4.78, 5) is 34.0. The molecule has 0 saturated carbocycles. The number of nitro benzene ring substituents is 1. The maximum absolute atomic E-state index is 11.9. The summed E-state index contributed by atoms with van der Waals surface area (Å²) in [5, 5.41) is 11.3. The van der Waals surface area contributed by atoms with Crippen molar-refractivity contribution in [2.45, 2.75) is 39.7 Å². The van der Waals surface area contributed by atoms with Crippen LogP contribution in [0, 0.1) is 16.0 Å². The van der Waals surface area contributed by atoms with Crippen molar-refractivity contribution in [1.82, 2.24) is 0 Å². The van der Waals surface area contributed by atoms with Gasteiger partial charge in [0.2, 0.25) is 0 Å². The lowest BCUT2D eigenvalue weighted by atomic mass is 9.95. The molecule has 0 amide bonds. The van der Waals surface area contributed by atoms with Crippen LogP contribution in [0.1, 0.15) is 32.8 Å². The van der Waals surface area contributed by atoms with Gasteiger partial charge >= 0.3 is 5.97 Å². The number of aryl methyl sites for hydroxylation is 1. The summed E-state index contributed by atoms with van der Waals surface area (Å²) in [5.41, 5.74) is 0.310. The first-order valence-corrected chi connectivity index (χ1v) is 7.24. The van der Waals surface area contributed by atoms with Crippen molar-refractivity contribution in [1.29, 1.82) is 0 Å². The summed E-state index contributed by atoms with van der Waals surface area (Å²) in [5.74, 6) is -1.83. The summed E-state index contributed by atoms with van der Waals surface area (Å²) >= 11 is 5.75. The van der Waals surface area contributed by atoms with E-state index in [2.05, 4.69) is 0 Å². The third-order valence-corrected chi connectivity index (χ3v) is 3.31. The highest BCUT2D eigenvalue weighted by Gasteiger charge is 2.26. The van der Waals surface area contributed by atoms with Gasteiger partial charge in [-0.05, 0) is 39.7 Å². The molecule has 1 unspecified atom stereocenters. The molecule has 1 aromatic rings. The van der Waals surface area contributed by atoms with Crippen molar-refractivity contribution in [3.05, 3.63) is 38.9 Å². The zero-order chi connectivity index (χ0) is 16.9. The van der Waals surface area contributed by atoms with Crippen molar-refractivity contribution in [3.8, 4) is 0 Å². The lowest BCUT2D eigenvalue weighted by molar-refractivity contribution is -0.385. The second-order valence-electron chi connectivity index (χ2n) is 5.22. The van der Waals surface area contributed by atoms with Crippen LogP contribution in [0.4, 0.5) is 5.69 Å². The average Bonchev–Trinajstić information content (AvgIpc) is 2.38. The highest BCUT2D eigenvalue weighted by Crippen LogP contribution is 2.25.